The van der Waals surface area contributed by atoms with Crippen LogP contribution in [-0.2, 0) is 48.4 Å². The number of H-pyrrole nitrogens is 2. The topological polar surface area (TPSA) is 127 Å². The molecule has 9 nitrogen and oxygen atoms in total. The standard InChI is InChI=1S/C37H42N4O5.Ni/c1-9-23-19(3)28-15-29-21(5)25(11-13-34(43)45-7)32(39-29)17-33-26(12-14-35(44)46-8)22(6)36(41-33)27(18-42)37-24(10-2)20(4)30(40-37)16-31(23)38-28;/h15-18,38,41H,9-14H2,1-8H3;. The molecule has 0 amide bonds. The van der Waals surface area contributed by atoms with Crippen LogP contribution in [0, 0.1) is 13.8 Å². The molecule has 5 rings (SSSR count). The second-order valence-corrected chi connectivity index (χ2v) is 11.8. The van der Waals surface area contributed by atoms with Gasteiger partial charge in [0.05, 0.1) is 48.1 Å². The number of aromatic nitrogens is 4. The summed E-state index contributed by atoms with van der Waals surface area (Å²) in [5.41, 5.74) is 14.8. The number of rotatable bonds is 9. The Kier molecular flexibility index (Phi) is 11.1. The summed E-state index contributed by atoms with van der Waals surface area (Å²) in [6.07, 6.45) is 3.64. The molecule has 0 radical (unpaired) electrons. The molecule has 0 aromatic carbocycles. The molecule has 5 heterocycles. The van der Waals surface area contributed by atoms with Crippen LogP contribution in [0.15, 0.2) is 18.2 Å². The average Bonchev–Trinajstić information content (AvgIpc) is 3.72. The average molecular weight is 681 g/mol. The number of methoxy groups -OCH3 is 2. The normalized spacial score (nSPS) is 12.7. The number of fused-ring (bicyclic) bond motifs is 8. The van der Waals surface area contributed by atoms with Crippen LogP contribution in [0.25, 0.3) is 44.4 Å². The zero-order valence-electron chi connectivity index (χ0n) is 28.3. The van der Waals surface area contributed by atoms with E-state index in [-0.39, 0.29) is 41.3 Å². The largest absolute Gasteiger partial charge is 0.469 e. The Morgan fingerprint density at radius 3 is 1.91 bits per heavy atom. The molecule has 0 atom stereocenters. The first kappa shape index (κ1) is 35.6. The number of nitrogens with zero attached hydrogens (tertiary/aromatic N) is 2. The molecular formula is C37H42N4NiO5. The third-order valence-electron chi connectivity index (χ3n) is 9.41. The summed E-state index contributed by atoms with van der Waals surface area (Å²) in [6.45, 7) is 12.4. The Bertz CT molecular complexity index is 2000. The number of aryl methyl sites for hydroxylation is 4. The van der Waals surface area contributed by atoms with Crippen molar-refractivity contribution in [2.45, 2.75) is 80.1 Å². The van der Waals surface area contributed by atoms with Gasteiger partial charge < -0.3 is 19.4 Å². The summed E-state index contributed by atoms with van der Waals surface area (Å²) < 4.78 is 9.90. The van der Waals surface area contributed by atoms with E-state index >= 15 is 0 Å². The van der Waals surface area contributed by atoms with Gasteiger partial charge in [-0.1, -0.05) is 13.8 Å². The molecule has 250 valence electrons. The summed E-state index contributed by atoms with van der Waals surface area (Å²) >= 11 is 0. The molecule has 2 aliphatic heterocycles. The first-order valence-corrected chi connectivity index (χ1v) is 15.8. The Morgan fingerprint density at radius 1 is 0.723 bits per heavy atom. The number of ether oxygens (including phenoxy) is 2. The van der Waals surface area contributed by atoms with Gasteiger partial charge in [0, 0.05) is 45.9 Å². The van der Waals surface area contributed by atoms with E-state index in [0.29, 0.717) is 41.7 Å². The first-order valence-electron chi connectivity index (χ1n) is 15.8. The Balaban J connectivity index is 0.00000500. The van der Waals surface area contributed by atoms with Crippen LogP contribution in [0.3, 0.4) is 0 Å². The molecule has 0 spiro atoms. The molecule has 0 saturated heterocycles. The molecule has 2 aliphatic rings. The van der Waals surface area contributed by atoms with Crippen LogP contribution in [-0.4, -0.2) is 52.4 Å². The van der Waals surface area contributed by atoms with Crippen LogP contribution in [0.2, 0.25) is 0 Å². The van der Waals surface area contributed by atoms with E-state index in [2.05, 4.69) is 49.8 Å². The molecular weight excluding hydrogens is 639 g/mol. The molecule has 0 unspecified atom stereocenters. The minimum atomic E-state index is -0.322. The zero-order chi connectivity index (χ0) is 33.3. The molecule has 2 N–H and O–H groups in total. The van der Waals surface area contributed by atoms with Crippen molar-refractivity contribution in [2.24, 2.45) is 0 Å². The predicted octanol–water partition coefficient (Wildman–Crippen LogP) is 7.63. The number of carbonyl (C=O) groups excluding carboxylic acids is 3. The summed E-state index contributed by atoms with van der Waals surface area (Å²) in [4.78, 5) is 54.7. The van der Waals surface area contributed by atoms with Crippen LogP contribution in [0.4, 0.5) is 0 Å². The van der Waals surface area contributed by atoms with E-state index in [1.165, 1.54) is 19.8 Å². The second kappa shape index (κ2) is 14.6. The molecule has 0 fully saturated rings. The summed E-state index contributed by atoms with van der Waals surface area (Å²) in [5.74, 6) is -0.619. The molecule has 3 aromatic heterocycles. The Hall–Kier alpha value is -4.30. The van der Waals surface area contributed by atoms with Crippen LogP contribution < -0.4 is 0 Å². The number of carbonyl (C=O) groups is 3. The van der Waals surface area contributed by atoms with Gasteiger partial charge in [-0.15, -0.1) is 0 Å². The molecule has 0 aliphatic carbocycles. The van der Waals surface area contributed by atoms with Crippen molar-refractivity contribution in [3.8, 4) is 0 Å². The van der Waals surface area contributed by atoms with E-state index in [9.17, 15) is 14.4 Å². The van der Waals surface area contributed by atoms with E-state index in [1.807, 2.05) is 19.9 Å². The fourth-order valence-electron chi connectivity index (χ4n) is 6.68. The molecule has 47 heavy (non-hydrogen) atoms. The second-order valence-electron chi connectivity index (χ2n) is 11.8. The van der Waals surface area contributed by atoms with Crippen LogP contribution in [0.1, 0.15) is 109 Å². The quantitative estimate of drug-likeness (QED) is 0.135. The number of hydrogen-bond acceptors (Lipinski definition) is 7. The third-order valence-corrected chi connectivity index (χ3v) is 9.41. The minimum Gasteiger partial charge on any atom is -0.469 e. The number of nitrogens with one attached hydrogen (secondary N) is 2. The molecule has 8 bridgehead atoms. The van der Waals surface area contributed by atoms with Crippen LogP contribution in [0.5, 0.6) is 0 Å². The maximum atomic E-state index is 12.9. The van der Waals surface area contributed by atoms with Crippen molar-refractivity contribution in [3.63, 3.8) is 0 Å². The maximum absolute atomic E-state index is 12.9. The van der Waals surface area contributed by atoms with E-state index in [1.54, 1.807) is 0 Å². The van der Waals surface area contributed by atoms with Crippen molar-refractivity contribution in [3.05, 3.63) is 68.8 Å². The van der Waals surface area contributed by atoms with E-state index < -0.39 is 0 Å². The Morgan fingerprint density at radius 2 is 1.30 bits per heavy atom. The zero-order valence-corrected chi connectivity index (χ0v) is 29.3. The number of aldehydes is 1. The number of aromatic amines is 2. The van der Waals surface area contributed by atoms with Gasteiger partial charge in [-0.25, -0.2) is 9.97 Å². The van der Waals surface area contributed by atoms with Crippen molar-refractivity contribution in [1.82, 2.24) is 19.9 Å². The fraction of sp³-hybridized carbons (Fsp3) is 0.378. The van der Waals surface area contributed by atoms with Gasteiger partial charge in [-0.05, 0) is 116 Å². The van der Waals surface area contributed by atoms with Crippen molar-refractivity contribution in [1.29, 1.82) is 0 Å². The van der Waals surface area contributed by atoms with E-state index in [4.69, 9.17) is 19.4 Å². The van der Waals surface area contributed by atoms with Crippen molar-refractivity contribution >= 4 is 62.6 Å². The van der Waals surface area contributed by atoms with Gasteiger partial charge in [0.2, 0.25) is 0 Å². The minimum absolute atomic E-state index is 0. The van der Waals surface area contributed by atoms with Gasteiger partial charge in [0.25, 0.3) is 0 Å². The molecule has 0 saturated carbocycles. The summed E-state index contributed by atoms with van der Waals surface area (Å²) in [7, 11) is 2.76. The first-order chi connectivity index (χ1) is 22.1. The fourth-order valence-corrected chi connectivity index (χ4v) is 6.68. The van der Waals surface area contributed by atoms with Gasteiger partial charge in [0.15, 0.2) is 6.29 Å². The SMILES string of the molecule is CCC1=C(C)c2cc3[nH]c(cc4nc(cc5[nH]c(c(C)c5CCC(=O)OC)c(C=O)c1n2)C(CCC(=O)OC)=C4C)c(C)c3CC.[Ni]. The number of hydrogen-bond donors (Lipinski definition) is 2. The van der Waals surface area contributed by atoms with Crippen molar-refractivity contribution < 1.29 is 40.3 Å². The maximum Gasteiger partial charge on any atom is 0.305 e. The molecule has 3 aromatic rings. The summed E-state index contributed by atoms with van der Waals surface area (Å²) in [6, 6.07) is 6.11. The van der Waals surface area contributed by atoms with Gasteiger partial charge in [0.1, 0.15) is 0 Å². The van der Waals surface area contributed by atoms with Crippen LogP contribution >= 0.6 is 0 Å². The van der Waals surface area contributed by atoms with E-state index in [0.717, 1.165) is 79.6 Å². The predicted molar refractivity (Wildman–Crippen MR) is 182 cm³/mol. The van der Waals surface area contributed by atoms with Gasteiger partial charge in [-0.3, -0.25) is 14.4 Å². The van der Waals surface area contributed by atoms with Crippen molar-refractivity contribution in [2.75, 3.05) is 14.2 Å². The smallest absolute Gasteiger partial charge is 0.305 e. The summed E-state index contributed by atoms with van der Waals surface area (Å²) in [5, 5.41) is 0. The number of allylic oxidation sites excluding steroid dienone is 4. The Labute approximate surface area is 285 Å². The monoisotopic (exact) mass is 680 g/mol. The number of esters is 2. The van der Waals surface area contributed by atoms with Gasteiger partial charge >= 0.3 is 11.9 Å². The van der Waals surface area contributed by atoms with Gasteiger partial charge in [-0.2, -0.15) is 0 Å². The molecule has 10 heteroatoms. The third kappa shape index (κ3) is 6.61.